The van der Waals surface area contributed by atoms with Gasteiger partial charge >= 0.3 is 0 Å². The lowest BCUT2D eigenvalue weighted by molar-refractivity contribution is -0.130. The minimum absolute atomic E-state index is 0.0172. The molecule has 7 nitrogen and oxygen atoms in total. The molecule has 0 bridgehead atoms. The second-order valence-corrected chi connectivity index (χ2v) is 8.54. The molecule has 0 fully saturated rings. The van der Waals surface area contributed by atoms with Crippen LogP contribution in [-0.2, 0) is 17.8 Å². The van der Waals surface area contributed by atoms with Crippen LogP contribution in [-0.4, -0.2) is 56.0 Å². The van der Waals surface area contributed by atoms with Gasteiger partial charge in [-0.2, -0.15) is 0 Å². The number of rotatable bonds is 11. The molecule has 3 rings (SSSR count). The first kappa shape index (κ1) is 25.9. The van der Waals surface area contributed by atoms with E-state index in [0.29, 0.717) is 54.6 Å². The Balaban J connectivity index is 1.63. The van der Waals surface area contributed by atoms with E-state index >= 15 is 0 Å². The molecule has 2 aromatic carbocycles. The van der Waals surface area contributed by atoms with Gasteiger partial charge in [0.2, 0.25) is 5.91 Å². The normalized spacial score (nSPS) is 10.7. The monoisotopic (exact) mass is 478 g/mol. The van der Waals surface area contributed by atoms with Gasteiger partial charge in [-0.3, -0.25) is 9.59 Å². The first-order chi connectivity index (χ1) is 16.8. The zero-order chi connectivity index (χ0) is 25.4. The largest absolute Gasteiger partial charge is 0.493 e. The number of carbonyl (C=O) groups excluding carboxylic acids is 2. The maximum atomic E-state index is 13.3. The van der Waals surface area contributed by atoms with E-state index in [-0.39, 0.29) is 18.2 Å². The summed E-state index contributed by atoms with van der Waals surface area (Å²) in [6.07, 6.45) is 0.916. The van der Waals surface area contributed by atoms with E-state index in [1.807, 2.05) is 55.5 Å². The Morgan fingerprint density at radius 3 is 2.23 bits per heavy atom. The highest BCUT2D eigenvalue weighted by atomic mass is 16.5. The van der Waals surface area contributed by atoms with Crippen molar-refractivity contribution in [2.24, 2.45) is 0 Å². The molecule has 1 aromatic heterocycles. The fourth-order valence-electron chi connectivity index (χ4n) is 3.95. The number of carbonyl (C=O) groups is 2. The van der Waals surface area contributed by atoms with Gasteiger partial charge in [-0.1, -0.05) is 36.4 Å². The molecule has 0 saturated carbocycles. The Bertz CT molecular complexity index is 1140. The molecule has 0 N–H and O–H groups in total. The van der Waals surface area contributed by atoms with Crippen LogP contribution in [0.3, 0.4) is 0 Å². The SMILES string of the molecule is COc1ccc(CCN(C)C(=O)CCN(Cc2ccccc2)C(=O)c2cc(C)oc2C)cc1OC. The third kappa shape index (κ3) is 6.88. The van der Waals surface area contributed by atoms with Crippen molar-refractivity contribution in [2.45, 2.75) is 33.2 Å². The molecule has 0 aliphatic rings. The van der Waals surface area contributed by atoms with Crippen molar-refractivity contribution in [3.63, 3.8) is 0 Å². The number of amides is 2. The topological polar surface area (TPSA) is 72.2 Å². The van der Waals surface area contributed by atoms with E-state index in [1.54, 1.807) is 44.1 Å². The molecule has 7 heteroatoms. The van der Waals surface area contributed by atoms with E-state index in [2.05, 4.69) is 0 Å². The summed E-state index contributed by atoms with van der Waals surface area (Å²) in [7, 11) is 4.99. The maximum absolute atomic E-state index is 13.3. The summed E-state index contributed by atoms with van der Waals surface area (Å²) < 4.78 is 16.2. The first-order valence-electron chi connectivity index (χ1n) is 11.7. The predicted octanol–water partition coefficient (Wildman–Crippen LogP) is 4.65. The summed E-state index contributed by atoms with van der Waals surface area (Å²) in [5.74, 6) is 2.46. The van der Waals surface area contributed by atoms with Crippen LogP contribution in [0.1, 0.15) is 39.4 Å². The summed E-state index contributed by atoms with van der Waals surface area (Å²) in [5.41, 5.74) is 2.59. The highest BCUT2D eigenvalue weighted by Gasteiger charge is 2.22. The van der Waals surface area contributed by atoms with E-state index < -0.39 is 0 Å². The molecule has 186 valence electrons. The Labute approximate surface area is 207 Å². The standard InChI is InChI=1S/C28H34N2O5/c1-20-17-24(21(2)35-20)28(32)30(19-23-9-7-6-8-10-23)16-14-27(31)29(3)15-13-22-11-12-25(33-4)26(18-22)34-5/h6-12,17-18H,13-16,19H2,1-5H3. The molecule has 2 amide bonds. The number of nitrogens with zero attached hydrogens (tertiary/aromatic N) is 2. The molecule has 1 heterocycles. The average Bonchev–Trinajstić information content (AvgIpc) is 3.22. The number of aryl methyl sites for hydroxylation is 2. The van der Waals surface area contributed by atoms with Crippen molar-refractivity contribution < 1.29 is 23.5 Å². The highest BCUT2D eigenvalue weighted by Crippen LogP contribution is 2.27. The fraction of sp³-hybridized carbons (Fsp3) is 0.357. The molecule has 0 aliphatic heterocycles. The number of hydrogen-bond acceptors (Lipinski definition) is 5. The number of benzene rings is 2. The smallest absolute Gasteiger partial charge is 0.257 e. The zero-order valence-electron chi connectivity index (χ0n) is 21.2. The Kier molecular flexibility index (Phi) is 8.95. The van der Waals surface area contributed by atoms with Crippen molar-refractivity contribution in [1.29, 1.82) is 0 Å². The Morgan fingerprint density at radius 1 is 0.886 bits per heavy atom. The number of methoxy groups -OCH3 is 2. The lowest BCUT2D eigenvalue weighted by Crippen LogP contribution is -2.36. The van der Waals surface area contributed by atoms with Gasteiger partial charge in [-0.25, -0.2) is 0 Å². The van der Waals surface area contributed by atoms with Crippen LogP contribution >= 0.6 is 0 Å². The summed E-state index contributed by atoms with van der Waals surface area (Å²) in [5, 5.41) is 0. The molecule has 0 radical (unpaired) electrons. The van der Waals surface area contributed by atoms with Crippen molar-refractivity contribution in [3.05, 3.63) is 82.8 Å². The molecule has 0 unspecified atom stereocenters. The van der Waals surface area contributed by atoms with Crippen molar-refractivity contribution in [2.75, 3.05) is 34.4 Å². The van der Waals surface area contributed by atoms with Gasteiger partial charge in [0.15, 0.2) is 11.5 Å². The summed E-state index contributed by atoms with van der Waals surface area (Å²) in [6, 6.07) is 17.3. The second-order valence-electron chi connectivity index (χ2n) is 8.54. The quantitative estimate of drug-likeness (QED) is 0.401. The molecule has 35 heavy (non-hydrogen) atoms. The lowest BCUT2D eigenvalue weighted by atomic mass is 10.1. The highest BCUT2D eigenvalue weighted by molar-refractivity contribution is 5.95. The van der Waals surface area contributed by atoms with Crippen molar-refractivity contribution in [1.82, 2.24) is 9.80 Å². The fourth-order valence-corrected chi connectivity index (χ4v) is 3.95. The zero-order valence-corrected chi connectivity index (χ0v) is 21.2. The van der Waals surface area contributed by atoms with Crippen LogP contribution in [0, 0.1) is 13.8 Å². The number of hydrogen-bond donors (Lipinski definition) is 0. The number of ether oxygens (including phenoxy) is 2. The van der Waals surface area contributed by atoms with Crippen LogP contribution in [0.2, 0.25) is 0 Å². The number of likely N-dealkylation sites (N-methyl/N-ethyl adjacent to an activating group) is 1. The van der Waals surface area contributed by atoms with Gasteiger partial charge in [0.05, 0.1) is 19.8 Å². The predicted molar refractivity (Wildman–Crippen MR) is 135 cm³/mol. The van der Waals surface area contributed by atoms with Crippen molar-refractivity contribution >= 4 is 11.8 Å². The summed E-state index contributed by atoms with van der Waals surface area (Å²) in [4.78, 5) is 29.6. The van der Waals surface area contributed by atoms with E-state index in [4.69, 9.17) is 13.9 Å². The van der Waals surface area contributed by atoms with Crippen molar-refractivity contribution in [3.8, 4) is 11.5 Å². The van der Waals surface area contributed by atoms with Gasteiger partial charge in [0.25, 0.3) is 5.91 Å². The van der Waals surface area contributed by atoms with Gasteiger partial charge in [-0.15, -0.1) is 0 Å². The molecule has 0 spiro atoms. The van der Waals surface area contributed by atoms with Crippen LogP contribution in [0.25, 0.3) is 0 Å². The maximum Gasteiger partial charge on any atom is 0.257 e. The summed E-state index contributed by atoms with van der Waals surface area (Å²) in [6.45, 7) is 4.90. The molecule has 0 aliphatic carbocycles. The third-order valence-electron chi connectivity index (χ3n) is 5.98. The summed E-state index contributed by atoms with van der Waals surface area (Å²) >= 11 is 0. The lowest BCUT2D eigenvalue weighted by Gasteiger charge is -2.24. The van der Waals surface area contributed by atoms with Crippen LogP contribution < -0.4 is 9.47 Å². The van der Waals surface area contributed by atoms with Gasteiger partial charge in [0, 0.05) is 33.1 Å². The van der Waals surface area contributed by atoms with Gasteiger partial charge in [-0.05, 0) is 49.6 Å². The van der Waals surface area contributed by atoms with Crippen LogP contribution in [0.5, 0.6) is 11.5 Å². The number of furan rings is 1. The third-order valence-corrected chi connectivity index (χ3v) is 5.98. The van der Waals surface area contributed by atoms with Crippen LogP contribution in [0.15, 0.2) is 59.0 Å². The first-order valence-corrected chi connectivity index (χ1v) is 11.7. The molecule has 0 atom stereocenters. The van der Waals surface area contributed by atoms with E-state index in [9.17, 15) is 9.59 Å². The molecule has 3 aromatic rings. The van der Waals surface area contributed by atoms with E-state index in [0.717, 1.165) is 11.1 Å². The van der Waals surface area contributed by atoms with Gasteiger partial charge in [0.1, 0.15) is 11.5 Å². The average molecular weight is 479 g/mol. The van der Waals surface area contributed by atoms with Gasteiger partial charge < -0.3 is 23.7 Å². The van der Waals surface area contributed by atoms with E-state index in [1.165, 1.54) is 0 Å². The van der Waals surface area contributed by atoms with Crippen LogP contribution in [0.4, 0.5) is 0 Å². The molecular weight excluding hydrogens is 444 g/mol. The second kappa shape index (κ2) is 12.1. The minimum atomic E-state index is -0.135. The molecule has 0 saturated heterocycles. The Hall–Kier alpha value is -3.74. The Morgan fingerprint density at radius 2 is 1.60 bits per heavy atom. The molecular formula is C28H34N2O5. The minimum Gasteiger partial charge on any atom is -0.493 e.